The highest BCUT2D eigenvalue weighted by Gasteiger charge is 2.11. The molecular formula is C17H18ClN3O. The number of halogens is 1. The Morgan fingerprint density at radius 1 is 1.23 bits per heavy atom. The van der Waals surface area contributed by atoms with Crippen molar-refractivity contribution in [1.82, 2.24) is 5.43 Å². The second-order valence-electron chi connectivity index (χ2n) is 4.97. The number of nitrogens with one attached hydrogen (secondary N) is 2. The molecule has 0 aliphatic carbocycles. The van der Waals surface area contributed by atoms with E-state index in [1.54, 1.807) is 25.3 Å². The van der Waals surface area contributed by atoms with Gasteiger partial charge in [0.1, 0.15) is 6.04 Å². The molecule has 2 aromatic rings. The summed E-state index contributed by atoms with van der Waals surface area (Å²) in [6.07, 6.45) is 1.64. The molecule has 0 aliphatic heterocycles. The summed E-state index contributed by atoms with van der Waals surface area (Å²) >= 11 is 5.91. The quantitative estimate of drug-likeness (QED) is 0.654. The second-order valence-corrected chi connectivity index (χ2v) is 5.40. The van der Waals surface area contributed by atoms with Crippen LogP contribution in [0, 0.1) is 6.92 Å². The standard InChI is InChI=1S/C17H18ClN3O/c1-12-6-3-4-7-14(12)11-19-21-17(22)13(2)20-16-9-5-8-15(18)10-16/h3-11,13,20H,1-2H3,(H,21,22)/b19-11-/t13-/m1/s1. The van der Waals surface area contributed by atoms with E-state index in [-0.39, 0.29) is 5.91 Å². The number of hydrogen-bond donors (Lipinski definition) is 2. The second kappa shape index (κ2) is 7.61. The van der Waals surface area contributed by atoms with Gasteiger partial charge in [-0.15, -0.1) is 0 Å². The number of rotatable bonds is 5. The third-order valence-electron chi connectivity index (χ3n) is 3.17. The van der Waals surface area contributed by atoms with Crippen LogP contribution in [0.5, 0.6) is 0 Å². The van der Waals surface area contributed by atoms with Crippen LogP contribution < -0.4 is 10.7 Å². The molecule has 0 saturated carbocycles. The number of carbonyl (C=O) groups excluding carboxylic acids is 1. The van der Waals surface area contributed by atoms with Gasteiger partial charge >= 0.3 is 0 Å². The summed E-state index contributed by atoms with van der Waals surface area (Å²) in [6.45, 7) is 3.76. The fourth-order valence-corrected chi connectivity index (χ4v) is 2.08. The molecule has 0 spiro atoms. The summed E-state index contributed by atoms with van der Waals surface area (Å²) in [5.74, 6) is -0.218. The van der Waals surface area contributed by atoms with E-state index in [9.17, 15) is 4.79 Å². The van der Waals surface area contributed by atoms with Gasteiger partial charge in [-0.05, 0) is 43.2 Å². The number of hydrogen-bond acceptors (Lipinski definition) is 3. The Hall–Kier alpha value is -2.33. The zero-order chi connectivity index (χ0) is 15.9. The number of hydrazone groups is 1. The first-order chi connectivity index (χ1) is 10.6. The zero-order valence-electron chi connectivity index (χ0n) is 12.5. The summed E-state index contributed by atoms with van der Waals surface area (Å²) in [5, 5.41) is 7.68. The Bertz CT molecular complexity index is 685. The smallest absolute Gasteiger partial charge is 0.262 e. The Labute approximate surface area is 135 Å². The van der Waals surface area contributed by atoms with Crippen LogP contribution in [-0.4, -0.2) is 18.2 Å². The highest BCUT2D eigenvalue weighted by molar-refractivity contribution is 6.30. The van der Waals surface area contributed by atoms with Gasteiger partial charge in [-0.3, -0.25) is 4.79 Å². The van der Waals surface area contributed by atoms with Crippen molar-refractivity contribution < 1.29 is 4.79 Å². The molecule has 0 radical (unpaired) electrons. The monoisotopic (exact) mass is 315 g/mol. The van der Waals surface area contributed by atoms with Crippen molar-refractivity contribution in [1.29, 1.82) is 0 Å². The average Bonchev–Trinajstić information content (AvgIpc) is 2.49. The van der Waals surface area contributed by atoms with Gasteiger partial charge in [0, 0.05) is 10.7 Å². The number of amides is 1. The highest BCUT2D eigenvalue weighted by atomic mass is 35.5. The van der Waals surface area contributed by atoms with Crippen molar-refractivity contribution in [3.63, 3.8) is 0 Å². The van der Waals surface area contributed by atoms with Gasteiger partial charge in [-0.1, -0.05) is 41.9 Å². The lowest BCUT2D eigenvalue weighted by atomic mass is 10.1. The van der Waals surface area contributed by atoms with Crippen LogP contribution in [0.2, 0.25) is 5.02 Å². The summed E-state index contributed by atoms with van der Waals surface area (Å²) in [5.41, 5.74) is 5.39. The molecule has 2 rings (SSSR count). The lowest BCUT2D eigenvalue weighted by molar-refractivity contribution is -0.121. The largest absolute Gasteiger partial charge is 0.374 e. The maximum atomic E-state index is 12.0. The molecule has 0 bridgehead atoms. The SMILES string of the molecule is Cc1ccccc1/C=N\NC(=O)[C@@H](C)Nc1cccc(Cl)c1. The summed E-state index contributed by atoms with van der Waals surface area (Å²) in [4.78, 5) is 12.0. The normalized spacial score (nSPS) is 12.1. The van der Waals surface area contributed by atoms with Gasteiger partial charge in [0.2, 0.25) is 0 Å². The summed E-state index contributed by atoms with van der Waals surface area (Å²) in [6, 6.07) is 14.6. The van der Waals surface area contributed by atoms with Gasteiger partial charge in [-0.2, -0.15) is 5.10 Å². The molecule has 0 aromatic heterocycles. The third-order valence-corrected chi connectivity index (χ3v) is 3.40. The molecule has 0 saturated heterocycles. The van der Waals surface area contributed by atoms with Crippen molar-refractivity contribution >= 4 is 29.4 Å². The van der Waals surface area contributed by atoms with E-state index >= 15 is 0 Å². The van der Waals surface area contributed by atoms with Gasteiger partial charge in [0.25, 0.3) is 5.91 Å². The van der Waals surface area contributed by atoms with Crippen molar-refractivity contribution in [2.75, 3.05) is 5.32 Å². The topological polar surface area (TPSA) is 53.5 Å². The fraction of sp³-hybridized carbons (Fsp3) is 0.176. The van der Waals surface area contributed by atoms with E-state index in [4.69, 9.17) is 11.6 Å². The molecule has 1 amide bonds. The van der Waals surface area contributed by atoms with Crippen LogP contribution in [0.25, 0.3) is 0 Å². The maximum Gasteiger partial charge on any atom is 0.262 e. The first-order valence-corrected chi connectivity index (χ1v) is 7.34. The van der Waals surface area contributed by atoms with E-state index < -0.39 is 6.04 Å². The average molecular weight is 316 g/mol. The molecular weight excluding hydrogens is 298 g/mol. The van der Waals surface area contributed by atoms with E-state index in [1.807, 2.05) is 43.3 Å². The van der Waals surface area contributed by atoms with Crippen molar-refractivity contribution in [3.8, 4) is 0 Å². The Morgan fingerprint density at radius 2 is 2.00 bits per heavy atom. The molecule has 0 aliphatic rings. The Balaban J connectivity index is 1.90. The molecule has 0 heterocycles. The van der Waals surface area contributed by atoms with Crippen LogP contribution in [-0.2, 0) is 4.79 Å². The van der Waals surface area contributed by atoms with E-state index in [0.29, 0.717) is 5.02 Å². The van der Waals surface area contributed by atoms with Crippen molar-refractivity contribution in [2.45, 2.75) is 19.9 Å². The van der Waals surface area contributed by atoms with Crippen LogP contribution in [0.1, 0.15) is 18.1 Å². The molecule has 1 atom stereocenters. The van der Waals surface area contributed by atoms with E-state index in [0.717, 1.165) is 16.8 Å². The van der Waals surface area contributed by atoms with Gasteiger partial charge in [0.15, 0.2) is 0 Å². The van der Waals surface area contributed by atoms with E-state index in [2.05, 4.69) is 15.8 Å². The Kier molecular flexibility index (Phi) is 5.55. The lowest BCUT2D eigenvalue weighted by Gasteiger charge is -2.13. The molecule has 0 fully saturated rings. The lowest BCUT2D eigenvalue weighted by Crippen LogP contribution is -2.34. The summed E-state index contributed by atoms with van der Waals surface area (Å²) in [7, 11) is 0. The highest BCUT2D eigenvalue weighted by Crippen LogP contribution is 2.15. The van der Waals surface area contributed by atoms with Gasteiger partial charge < -0.3 is 5.32 Å². The molecule has 22 heavy (non-hydrogen) atoms. The fourth-order valence-electron chi connectivity index (χ4n) is 1.89. The maximum absolute atomic E-state index is 12.0. The van der Waals surface area contributed by atoms with E-state index in [1.165, 1.54) is 0 Å². The van der Waals surface area contributed by atoms with Crippen LogP contribution in [0.3, 0.4) is 0 Å². The minimum Gasteiger partial charge on any atom is -0.374 e. The molecule has 2 aromatic carbocycles. The Morgan fingerprint density at radius 3 is 2.73 bits per heavy atom. The van der Waals surface area contributed by atoms with Crippen LogP contribution >= 0.6 is 11.6 Å². The van der Waals surface area contributed by atoms with Crippen molar-refractivity contribution in [2.24, 2.45) is 5.10 Å². The number of aryl methyl sites for hydroxylation is 1. The zero-order valence-corrected chi connectivity index (χ0v) is 13.3. The van der Waals surface area contributed by atoms with Gasteiger partial charge in [-0.25, -0.2) is 5.43 Å². The first-order valence-electron chi connectivity index (χ1n) is 6.97. The number of anilines is 1. The molecule has 4 nitrogen and oxygen atoms in total. The van der Waals surface area contributed by atoms with Crippen molar-refractivity contribution in [3.05, 3.63) is 64.7 Å². The first kappa shape index (κ1) is 16.0. The molecule has 0 unspecified atom stereocenters. The molecule has 2 N–H and O–H groups in total. The predicted octanol–water partition coefficient (Wildman–Crippen LogP) is 3.60. The number of benzene rings is 2. The summed E-state index contributed by atoms with van der Waals surface area (Å²) < 4.78 is 0. The minimum atomic E-state index is -0.424. The molecule has 5 heteroatoms. The molecule has 114 valence electrons. The predicted molar refractivity (Wildman–Crippen MR) is 91.5 cm³/mol. The third kappa shape index (κ3) is 4.60. The number of carbonyl (C=O) groups is 1. The van der Waals surface area contributed by atoms with Gasteiger partial charge in [0.05, 0.1) is 6.21 Å². The van der Waals surface area contributed by atoms with Crippen LogP contribution in [0.4, 0.5) is 5.69 Å². The number of nitrogens with zero attached hydrogens (tertiary/aromatic N) is 1. The minimum absolute atomic E-state index is 0.218. The van der Waals surface area contributed by atoms with Crippen LogP contribution in [0.15, 0.2) is 53.6 Å².